The lowest BCUT2D eigenvalue weighted by Crippen LogP contribution is -2.31. The molecule has 1 heterocycles. The monoisotopic (exact) mass is 436 g/mol. The van der Waals surface area contributed by atoms with Gasteiger partial charge in [0.05, 0.1) is 0 Å². The van der Waals surface area contributed by atoms with Gasteiger partial charge >= 0.3 is 0 Å². The molecule has 3 aromatic carbocycles. The maximum absolute atomic E-state index is 9.38. The highest BCUT2D eigenvalue weighted by Crippen LogP contribution is 2.49. The van der Waals surface area contributed by atoms with Crippen LogP contribution in [0.2, 0.25) is 0 Å². The van der Waals surface area contributed by atoms with Gasteiger partial charge in [0.15, 0.2) is 6.20 Å². The van der Waals surface area contributed by atoms with Gasteiger partial charge in [0.25, 0.3) is 0 Å². The van der Waals surface area contributed by atoms with Crippen molar-refractivity contribution in [2.45, 2.75) is 51.8 Å². The summed E-state index contributed by atoms with van der Waals surface area (Å²) < 4.78 is 36.0. The summed E-state index contributed by atoms with van der Waals surface area (Å²) in [6.07, 6.45) is 7.67. The molecule has 0 amide bonds. The Morgan fingerprint density at radius 2 is 1.64 bits per heavy atom. The van der Waals surface area contributed by atoms with Gasteiger partial charge in [-0.3, -0.25) is 0 Å². The predicted octanol–water partition coefficient (Wildman–Crippen LogP) is 7.91. The number of nitrogens with zero attached hydrogens (tertiary/aromatic N) is 1. The Labute approximate surface area is 203 Å². The Balaban J connectivity index is 1.46. The first kappa shape index (κ1) is 16.6. The molecule has 3 aliphatic carbocycles. The maximum atomic E-state index is 9.38. The van der Waals surface area contributed by atoms with Gasteiger partial charge in [0.2, 0.25) is 5.69 Å². The average Bonchev–Trinajstić information content (AvgIpc) is 2.88. The lowest BCUT2D eigenvalue weighted by Gasteiger charge is -2.42. The Bertz CT molecular complexity index is 1500. The zero-order valence-corrected chi connectivity index (χ0v) is 19.6. The minimum atomic E-state index is -2.23. The molecule has 0 saturated heterocycles. The first-order valence-corrected chi connectivity index (χ1v) is 12.3. The Morgan fingerprint density at radius 1 is 0.848 bits per heavy atom. The summed E-state index contributed by atoms with van der Waals surface area (Å²) in [7, 11) is 1.91. The summed E-state index contributed by atoms with van der Waals surface area (Å²) in [4.78, 5) is 0. The molecule has 166 valence electrons. The van der Waals surface area contributed by atoms with Crippen LogP contribution in [0.5, 0.6) is 0 Å². The van der Waals surface area contributed by atoms with Crippen LogP contribution in [0.3, 0.4) is 0 Å². The molecule has 2 bridgehead atoms. The van der Waals surface area contributed by atoms with Crippen LogP contribution in [-0.4, -0.2) is 0 Å². The van der Waals surface area contributed by atoms with Crippen molar-refractivity contribution < 1.29 is 10.1 Å². The first-order valence-electron chi connectivity index (χ1n) is 14.3. The van der Waals surface area contributed by atoms with Crippen LogP contribution >= 0.6 is 0 Å². The van der Waals surface area contributed by atoms with E-state index in [0.717, 1.165) is 50.7 Å². The van der Waals surface area contributed by atoms with E-state index < -0.39 is 12.7 Å². The minimum absolute atomic E-state index is 0.353. The number of aryl methyl sites for hydroxylation is 3. The van der Waals surface area contributed by atoms with E-state index in [4.69, 9.17) is 4.11 Å². The highest BCUT2D eigenvalue weighted by molar-refractivity contribution is 5.88. The van der Waals surface area contributed by atoms with E-state index in [1.54, 1.807) is 6.20 Å². The molecule has 0 N–H and O–H groups in total. The van der Waals surface area contributed by atoms with Crippen LogP contribution < -0.4 is 4.57 Å². The van der Waals surface area contributed by atoms with Gasteiger partial charge in [-0.15, -0.1) is 0 Å². The fourth-order valence-electron chi connectivity index (χ4n) is 6.18. The normalized spacial score (nSPS) is 26.5. The van der Waals surface area contributed by atoms with E-state index in [1.807, 2.05) is 35.9 Å². The zero-order chi connectivity index (χ0) is 25.9. The molecule has 4 aromatic rings. The van der Waals surface area contributed by atoms with Crippen molar-refractivity contribution >= 4 is 10.8 Å². The third-order valence-electron chi connectivity index (χ3n) is 8.07. The number of pyridine rings is 1. The number of fused-ring (bicyclic) bond motifs is 4. The Morgan fingerprint density at radius 3 is 2.39 bits per heavy atom. The standard InChI is InChI=1S/C32H34N/c1-21-6-4-5-7-29(21)32-19-30(22(2)20-33(32)3)27-14-12-26-18-28(15-13-25(26)17-27)31-16-23-8-10-24(31)11-9-23/h4-7,12-15,17-20,23-24,31H,8-11,16H2,1-3H3/q+1/i2D3,31D. The molecule has 0 spiro atoms. The van der Waals surface area contributed by atoms with E-state index in [-0.39, 0.29) is 0 Å². The van der Waals surface area contributed by atoms with E-state index >= 15 is 0 Å². The van der Waals surface area contributed by atoms with E-state index in [0.29, 0.717) is 17.4 Å². The van der Waals surface area contributed by atoms with Crippen molar-refractivity contribution in [2.75, 3.05) is 0 Å². The molecule has 7 rings (SSSR count). The maximum Gasteiger partial charge on any atom is 0.213 e. The molecule has 0 radical (unpaired) electrons. The summed E-state index contributed by atoms with van der Waals surface area (Å²) in [5.74, 6) is 0.681. The van der Waals surface area contributed by atoms with Crippen LogP contribution in [-0.2, 0) is 7.05 Å². The van der Waals surface area contributed by atoms with Gasteiger partial charge in [-0.1, -0.05) is 61.4 Å². The number of rotatable bonds is 3. The van der Waals surface area contributed by atoms with Crippen molar-refractivity contribution in [1.29, 1.82) is 0 Å². The third kappa shape index (κ3) is 3.68. The Hall–Kier alpha value is -2.93. The highest BCUT2D eigenvalue weighted by atomic mass is 14.9. The quantitative estimate of drug-likeness (QED) is 0.287. The van der Waals surface area contributed by atoms with E-state index in [2.05, 4.69) is 49.4 Å². The fourth-order valence-corrected chi connectivity index (χ4v) is 6.18. The van der Waals surface area contributed by atoms with E-state index in [1.165, 1.54) is 25.7 Å². The molecule has 1 unspecified atom stereocenters. The van der Waals surface area contributed by atoms with E-state index in [9.17, 15) is 1.37 Å². The van der Waals surface area contributed by atoms with Crippen LogP contribution in [0.25, 0.3) is 33.2 Å². The van der Waals surface area contributed by atoms with Gasteiger partial charge in [-0.25, -0.2) is 4.57 Å². The van der Waals surface area contributed by atoms with Gasteiger partial charge in [-0.05, 0) is 95.9 Å². The molecule has 1 aromatic heterocycles. The third-order valence-corrected chi connectivity index (χ3v) is 8.07. The summed E-state index contributed by atoms with van der Waals surface area (Å²) in [5.41, 5.74) is 6.36. The van der Waals surface area contributed by atoms with Crippen molar-refractivity contribution in [1.82, 2.24) is 0 Å². The van der Waals surface area contributed by atoms with Gasteiger partial charge in [0, 0.05) is 22.7 Å². The number of hydrogen-bond acceptors (Lipinski definition) is 0. The molecule has 1 heteroatoms. The summed E-state index contributed by atoms with van der Waals surface area (Å²) in [6.45, 7) is -0.147. The molecule has 1 atom stereocenters. The smallest absolute Gasteiger partial charge is 0.201 e. The summed E-state index contributed by atoms with van der Waals surface area (Å²) >= 11 is 0. The van der Waals surface area contributed by atoms with Crippen LogP contribution in [0.15, 0.2) is 72.9 Å². The van der Waals surface area contributed by atoms with Gasteiger partial charge < -0.3 is 0 Å². The van der Waals surface area contributed by atoms with Crippen molar-refractivity contribution in [3.63, 3.8) is 0 Å². The lowest BCUT2D eigenvalue weighted by atomic mass is 9.63. The summed E-state index contributed by atoms with van der Waals surface area (Å²) in [6, 6.07) is 23.0. The lowest BCUT2D eigenvalue weighted by molar-refractivity contribution is -0.660. The van der Waals surface area contributed by atoms with Crippen LogP contribution in [0.1, 0.15) is 60.2 Å². The molecule has 3 aliphatic rings. The largest absolute Gasteiger partial charge is 0.213 e. The highest BCUT2D eigenvalue weighted by Gasteiger charge is 2.36. The molecule has 33 heavy (non-hydrogen) atoms. The zero-order valence-electron chi connectivity index (χ0n) is 23.6. The first-order chi connectivity index (χ1) is 17.6. The predicted molar refractivity (Wildman–Crippen MR) is 138 cm³/mol. The van der Waals surface area contributed by atoms with Crippen LogP contribution in [0.4, 0.5) is 0 Å². The minimum Gasteiger partial charge on any atom is -0.201 e. The fraction of sp³-hybridized carbons (Fsp3) is 0.344. The topological polar surface area (TPSA) is 3.88 Å². The second kappa shape index (κ2) is 8.13. The Kier molecular flexibility index (Phi) is 4.10. The molecule has 3 fully saturated rings. The van der Waals surface area contributed by atoms with Gasteiger partial charge in [0.1, 0.15) is 7.05 Å². The number of aromatic nitrogens is 1. The van der Waals surface area contributed by atoms with Gasteiger partial charge in [-0.2, -0.15) is 0 Å². The molecule has 0 aliphatic heterocycles. The van der Waals surface area contributed by atoms with Crippen molar-refractivity contribution in [2.24, 2.45) is 18.9 Å². The second-order valence-electron chi connectivity index (χ2n) is 10.1. The molecule has 1 nitrogen and oxygen atoms in total. The van der Waals surface area contributed by atoms with Crippen molar-refractivity contribution in [3.05, 3.63) is 89.6 Å². The number of hydrogen-bond donors (Lipinski definition) is 0. The average molecular weight is 437 g/mol. The SMILES string of the molecule is [2H]C([2H])([2H])c1c[n+](C)c(-c2ccccc2C)cc1-c1ccc2cc(C3([2H])CC4CCC3CC4)ccc2c1. The van der Waals surface area contributed by atoms with Crippen LogP contribution in [0, 0.1) is 25.6 Å². The molecular formula is C32H34N+. The second-order valence-corrected chi connectivity index (χ2v) is 10.1. The summed E-state index contributed by atoms with van der Waals surface area (Å²) in [5, 5.41) is 2.19. The molecule has 3 saturated carbocycles. The molecular weight excluding hydrogens is 398 g/mol. The van der Waals surface area contributed by atoms with Crippen molar-refractivity contribution in [3.8, 4) is 22.4 Å². The number of benzene rings is 3.